The van der Waals surface area contributed by atoms with E-state index in [2.05, 4.69) is 33.0 Å². The summed E-state index contributed by atoms with van der Waals surface area (Å²) in [4.78, 5) is 13.3. The maximum Gasteiger partial charge on any atom is 0.225 e. The molecule has 124 valence electrons. The van der Waals surface area contributed by atoms with E-state index in [1.165, 1.54) is 10.4 Å². The molecule has 0 radical (unpaired) electrons. The SMILES string of the molecule is CC(C)CC(=O)Nc1sc2c(c1CN)CC(C)(C)OC2(C)C. The van der Waals surface area contributed by atoms with Gasteiger partial charge in [-0.1, -0.05) is 13.8 Å². The van der Waals surface area contributed by atoms with Gasteiger partial charge in [-0.15, -0.1) is 11.3 Å². The second kappa shape index (κ2) is 5.95. The summed E-state index contributed by atoms with van der Waals surface area (Å²) >= 11 is 1.61. The summed E-state index contributed by atoms with van der Waals surface area (Å²) in [6.07, 6.45) is 1.35. The van der Waals surface area contributed by atoms with Crippen molar-refractivity contribution in [2.24, 2.45) is 11.7 Å². The summed E-state index contributed by atoms with van der Waals surface area (Å²) < 4.78 is 6.23. The molecule has 0 saturated heterocycles. The number of hydrogen-bond donors (Lipinski definition) is 2. The lowest BCUT2D eigenvalue weighted by Gasteiger charge is -2.41. The first-order valence-electron chi connectivity index (χ1n) is 7.91. The smallest absolute Gasteiger partial charge is 0.225 e. The van der Waals surface area contributed by atoms with Crippen molar-refractivity contribution in [3.05, 3.63) is 16.0 Å². The monoisotopic (exact) mass is 324 g/mol. The van der Waals surface area contributed by atoms with Gasteiger partial charge >= 0.3 is 0 Å². The first-order chi connectivity index (χ1) is 10.1. The number of ether oxygens (including phenoxy) is 1. The molecule has 3 N–H and O–H groups in total. The zero-order valence-corrected chi connectivity index (χ0v) is 15.3. The van der Waals surface area contributed by atoms with Crippen LogP contribution in [0.3, 0.4) is 0 Å². The summed E-state index contributed by atoms with van der Waals surface area (Å²) in [7, 11) is 0. The van der Waals surface area contributed by atoms with E-state index >= 15 is 0 Å². The minimum Gasteiger partial charge on any atom is -0.364 e. The van der Waals surface area contributed by atoms with Crippen molar-refractivity contribution < 1.29 is 9.53 Å². The van der Waals surface area contributed by atoms with Crippen LogP contribution in [0.2, 0.25) is 0 Å². The molecule has 1 aromatic rings. The normalized spacial score (nSPS) is 19.1. The molecule has 2 rings (SSSR count). The van der Waals surface area contributed by atoms with Crippen LogP contribution in [0.1, 0.15) is 64.0 Å². The van der Waals surface area contributed by atoms with Gasteiger partial charge in [-0.25, -0.2) is 0 Å². The molecule has 0 fully saturated rings. The van der Waals surface area contributed by atoms with E-state index in [1.54, 1.807) is 11.3 Å². The molecular weight excluding hydrogens is 296 g/mol. The second-order valence-corrected chi connectivity index (χ2v) is 8.64. The quantitative estimate of drug-likeness (QED) is 0.886. The molecule has 1 amide bonds. The fourth-order valence-electron chi connectivity index (χ4n) is 3.24. The van der Waals surface area contributed by atoms with Gasteiger partial charge in [-0.3, -0.25) is 4.79 Å². The lowest BCUT2D eigenvalue weighted by molar-refractivity contribution is -0.136. The Labute approximate surface area is 137 Å². The molecular formula is C17H28N2O2S. The number of carbonyl (C=O) groups is 1. The van der Waals surface area contributed by atoms with Gasteiger partial charge in [0.25, 0.3) is 0 Å². The molecule has 1 aromatic heterocycles. The number of nitrogens with two attached hydrogens (primary N) is 1. The average molecular weight is 324 g/mol. The zero-order chi connectivity index (χ0) is 16.7. The molecule has 0 spiro atoms. The van der Waals surface area contributed by atoms with Crippen molar-refractivity contribution in [3.8, 4) is 0 Å². The van der Waals surface area contributed by atoms with Gasteiger partial charge < -0.3 is 15.8 Å². The maximum absolute atomic E-state index is 12.1. The van der Waals surface area contributed by atoms with E-state index in [4.69, 9.17) is 10.5 Å². The number of carbonyl (C=O) groups excluding carboxylic acids is 1. The van der Waals surface area contributed by atoms with Gasteiger partial charge in [0, 0.05) is 29.8 Å². The molecule has 0 bridgehead atoms. The average Bonchev–Trinajstić information content (AvgIpc) is 2.63. The Balaban J connectivity index is 2.39. The Morgan fingerprint density at radius 3 is 2.55 bits per heavy atom. The highest BCUT2D eigenvalue weighted by Gasteiger charge is 2.41. The van der Waals surface area contributed by atoms with Crippen LogP contribution in [0.15, 0.2) is 0 Å². The van der Waals surface area contributed by atoms with Crippen molar-refractivity contribution in [1.82, 2.24) is 0 Å². The van der Waals surface area contributed by atoms with Crippen LogP contribution in [0, 0.1) is 5.92 Å². The van der Waals surface area contributed by atoms with Crippen molar-refractivity contribution in [2.45, 2.75) is 72.1 Å². The number of anilines is 1. The number of rotatable bonds is 4. The number of amides is 1. The fraction of sp³-hybridized carbons (Fsp3) is 0.706. The van der Waals surface area contributed by atoms with Crippen molar-refractivity contribution in [2.75, 3.05) is 5.32 Å². The molecule has 0 aliphatic carbocycles. The second-order valence-electron chi connectivity index (χ2n) is 7.62. The molecule has 0 unspecified atom stereocenters. The van der Waals surface area contributed by atoms with E-state index in [0.717, 1.165) is 17.0 Å². The third kappa shape index (κ3) is 3.53. The minimum atomic E-state index is -0.354. The summed E-state index contributed by atoms with van der Waals surface area (Å²) in [5.41, 5.74) is 7.74. The van der Waals surface area contributed by atoms with Crippen LogP contribution in [0.25, 0.3) is 0 Å². The predicted molar refractivity (Wildman–Crippen MR) is 92.2 cm³/mol. The van der Waals surface area contributed by atoms with Crippen LogP contribution >= 0.6 is 11.3 Å². The number of hydrogen-bond acceptors (Lipinski definition) is 4. The molecule has 5 heteroatoms. The molecule has 0 aromatic carbocycles. The Bertz CT molecular complexity index is 573. The van der Waals surface area contributed by atoms with Gasteiger partial charge in [-0.2, -0.15) is 0 Å². The van der Waals surface area contributed by atoms with Gasteiger partial charge in [0.05, 0.1) is 11.2 Å². The number of thiophene rings is 1. The van der Waals surface area contributed by atoms with E-state index in [0.29, 0.717) is 18.9 Å². The lowest BCUT2D eigenvalue weighted by atomic mass is 9.86. The summed E-state index contributed by atoms with van der Waals surface area (Å²) in [5, 5.41) is 3.96. The molecule has 4 nitrogen and oxygen atoms in total. The van der Waals surface area contributed by atoms with Crippen molar-refractivity contribution >= 4 is 22.2 Å². The number of fused-ring (bicyclic) bond motifs is 1. The Hall–Kier alpha value is -0.910. The van der Waals surface area contributed by atoms with Gasteiger partial charge in [0.2, 0.25) is 5.91 Å². The van der Waals surface area contributed by atoms with Crippen molar-refractivity contribution in [1.29, 1.82) is 0 Å². The molecule has 0 saturated carbocycles. The minimum absolute atomic E-state index is 0.0567. The molecule has 1 aliphatic rings. The molecule has 22 heavy (non-hydrogen) atoms. The topological polar surface area (TPSA) is 64.4 Å². The third-order valence-corrected chi connectivity index (χ3v) is 5.34. The van der Waals surface area contributed by atoms with Gasteiger partial charge in [-0.05, 0) is 39.2 Å². The first-order valence-corrected chi connectivity index (χ1v) is 8.72. The Morgan fingerprint density at radius 2 is 2.00 bits per heavy atom. The van der Waals surface area contributed by atoms with Crippen LogP contribution in [-0.2, 0) is 28.1 Å². The van der Waals surface area contributed by atoms with Crippen LogP contribution in [-0.4, -0.2) is 11.5 Å². The summed E-state index contributed by atoms with van der Waals surface area (Å²) in [6, 6.07) is 0. The van der Waals surface area contributed by atoms with Crippen LogP contribution in [0.5, 0.6) is 0 Å². The first kappa shape index (κ1) is 17.4. The predicted octanol–water partition coefficient (Wildman–Crippen LogP) is 3.78. The standard InChI is InChI=1S/C17H28N2O2S/c1-10(2)7-13(20)19-15-12(9-18)11-8-16(3,4)21-17(5,6)14(11)22-15/h10H,7-9,18H2,1-6H3,(H,19,20). The third-order valence-electron chi connectivity index (χ3n) is 3.85. The van der Waals surface area contributed by atoms with E-state index in [-0.39, 0.29) is 17.1 Å². The van der Waals surface area contributed by atoms with E-state index in [9.17, 15) is 4.79 Å². The lowest BCUT2D eigenvalue weighted by Crippen LogP contribution is -2.41. The molecule has 0 atom stereocenters. The van der Waals surface area contributed by atoms with E-state index in [1.807, 2.05) is 13.8 Å². The fourth-order valence-corrected chi connectivity index (χ4v) is 4.54. The molecule has 2 heterocycles. The van der Waals surface area contributed by atoms with Crippen LogP contribution in [0.4, 0.5) is 5.00 Å². The summed E-state index contributed by atoms with van der Waals surface area (Å²) in [6.45, 7) is 12.9. The highest BCUT2D eigenvalue weighted by Crippen LogP contribution is 2.48. The van der Waals surface area contributed by atoms with Crippen molar-refractivity contribution in [3.63, 3.8) is 0 Å². The highest BCUT2D eigenvalue weighted by molar-refractivity contribution is 7.16. The zero-order valence-electron chi connectivity index (χ0n) is 14.5. The number of nitrogens with one attached hydrogen (secondary N) is 1. The van der Waals surface area contributed by atoms with Gasteiger partial charge in [0.1, 0.15) is 5.00 Å². The Kier molecular flexibility index (Phi) is 4.71. The highest BCUT2D eigenvalue weighted by atomic mass is 32.1. The maximum atomic E-state index is 12.1. The summed E-state index contributed by atoms with van der Waals surface area (Å²) in [5.74, 6) is 0.399. The van der Waals surface area contributed by atoms with Gasteiger partial charge in [0.15, 0.2) is 0 Å². The van der Waals surface area contributed by atoms with Crippen LogP contribution < -0.4 is 11.1 Å². The Morgan fingerprint density at radius 1 is 1.36 bits per heavy atom. The molecule has 1 aliphatic heterocycles. The van der Waals surface area contributed by atoms with E-state index < -0.39 is 0 Å². The largest absolute Gasteiger partial charge is 0.364 e.